The third-order valence-electron chi connectivity index (χ3n) is 5.64. The van der Waals surface area contributed by atoms with Gasteiger partial charge in [-0.2, -0.15) is 15.3 Å². The van der Waals surface area contributed by atoms with Crippen LogP contribution in [0.5, 0.6) is 5.75 Å². The smallest absolute Gasteiger partial charge is 0.425 e. The number of halogens is 2. The summed E-state index contributed by atoms with van der Waals surface area (Å²) in [5, 5.41) is 16.1. The number of benzene rings is 1. The second-order valence-electron chi connectivity index (χ2n) is 11.7. The van der Waals surface area contributed by atoms with E-state index in [9.17, 15) is 18.8 Å². The second-order valence-corrected chi connectivity index (χ2v) is 12.6. The molecule has 0 saturated carbocycles. The maximum Gasteiger partial charge on any atom is 0.425 e. The number of nitrogens with zero attached hydrogens (tertiary/aromatic N) is 5. The number of ether oxygens (including phenoxy) is 3. The number of pyridine rings is 1. The van der Waals surface area contributed by atoms with E-state index in [1.54, 1.807) is 61.6 Å². The summed E-state index contributed by atoms with van der Waals surface area (Å²) in [6, 6.07) is 8.61. The van der Waals surface area contributed by atoms with E-state index in [0.29, 0.717) is 20.8 Å². The van der Waals surface area contributed by atoms with Gasteiger partial charge in [0.15, 0.2) is 11.6 Å². The number of aromatic nitrogens is 3. The standard InChI is InChI=1S/C30H34BrFN6O6/c1-17(23-12-19(32)9-10-22(23)26(39)35-16-20-13-21(14-33)37(8)36-20)42-24-11-18(31)15-34-25(24)38(27(40)43-29(2,3)4)28(41)44-30(5,6)7/h9-13,15,17H,16H2,1-8H3,(H,35,39). The average molecular weight is 674 g/mol. The zero-order valence-electron chi connectivity index (χ0n) is 25.7. The number of hydrogen-bond acceptors (Lipinski definition) is 9. The Morgan fingerprint density at radius 2 is 1.70 bits per heavy atom. The lowest BCUT2D eigenvalue weighted by atomic mass is 10.0. The van der Waals surface area contributed by atoms with Crippen LogP contribution in [0.2, 0.25) is 0 Å². The fraction of sp³-hybridized carbons (Fsp3) is 0.400. The number of nitrogens with one attached hydrogen (secondary N) is 1. The van der Waals surface area contributed by atoms with Crippen molar-refractivity contribution >= 4 is 39.8 Å². The van der Waals surface area contributed by atoms with Gasteiger partial charge in [0, 0.05) is 28.8 Å². The number of carbonyl (C=O) groups excluding carboxylic acids is 3. The second kappa shape index (κ2) is 13.4. The van der Waals surface area contributed by atoms with Crippen molar-refractivity contribution in [1.29, 1.82) is 5.26 Å². The summed E-state index contributed by atoms with van der Waals surface area (Å²) in [6.07, 6.45) is -1.75. The molecule has 0 saturated heterocycles. The lowest BCUT2D eigenvalue weighted by Gasteiger charge is -2.29. The molecule has 1 aromatic carbocycles. The molecule has 1 atom stereocenters. The molecule has 3 aromatic rings. The molecule has 2 aromatic heterocycles. The molecule has 44 heavy (non-hydrogen) atoms. The minimum Gasteiger partial charge on any atom is -0.482 e. The fourth-order valence-electron chi connectivity index (χ4n) is 3.85. The number of anilines is 1. The van der Waals surface area contributed by atoms with Crippen molar-refractivity contribution in [3.63, 3.8) is 0 Å². The van der Waals surface area contributed by atoms with E-state index in [0.717, 1.165) is 12.1 Å². The van der Waals surface area contributed by atoms with E-state index in [2.05, 4.69) is 31.3 Å². The van der Waals surface area contributed by atoms with Gasteiger partial charge in [-0.1, -0.05) is 0 Å². The molecule has 14 heteroatoms. The monoisotopic (exact) mass is 672 g/mol. The molecule has 3 amide bonds. The molecule has 1 unspecified atom stereocenters. The van der Waals surface area contributed by atoms with Crippen molar-refractivity contribution in [2.24, 2.45) is 7.05 Å². The zero-order chi connectivity index (χ0) is 33.0. The molecule has 0 aliphatic rings. The van der Waals surface area contributed by atoms with Gasteiger partial charge in [-0.05, 0) is 94.7 Å². The Morgan fingerprint density at radius 3 is 2.25 bits per heavy atom. The summed E-state index contributed by atoms with van der Waals surface area (Å²) in [7, 11) is 1.61. The highest BCUT2D eigenvalue weighted by Gasteiger charge is 2.36. The Labute approximate surface area is 263 Å². The van der Waals surface area contributed by atoms with Crippen LogP contribution in [0.1, 0.15) is 81.9 Å². The number of imide groups is 1. The lowest BCUT2D eigenvalue weighted by molar-refractivity contribution is 0.0426. The normalized spacial score (nSPS) is 12.1. The van der Waals surface area contributed by atoms with Crippen LogP contribution in [0.3, 0.4) is 0 Å². The molecule has 12 nitrogen and oxygen atoms in total. The predicted octanol–water partition coefficient (Wildman–Crippen LogP) is 6.33. The first kappa shape index (κ1) is 34.0. The molecule has 1 N–H and O–H groups in total. The molecular weight excluding hydrogens is 639 g/mol. The Balaban J connectivity index is 1.98. The first-order valence-electron chi connectivity index (χ1n) is 13.5. The van der Waals surface area contributed by atoms with Gasteiger partial charge in [0.2, 0.25) is 0 Å². The van der Waals surface area contributed by atoms with Crippen LogP contribution in [0, 0.1) is 17.1 Å². The van der Waals surface area contributed by atoms with E-state index in [-0.39, 0.29) is 29.2 Å². The van der Waals surface area contributed by atoms with Gasteiger partial charge in [0.05, 0.1) is 12.2 Å². The number of amides is 3. The molecule has 3 rings (SSSR count). The van der Waals surface area contributed by atoms with Gasteiger partial charge >= 0.3 is 12.2 Å². The summed E-state index contributed by atoms with van der Waals surface area (Å²) in [6.45, 7) is 11.4. The molecule has 2 heterocycles. The summed E-state index contributed by atoms with van der Waals surface area (Å²) in [5.74, 6) is -1.46. The molecular formula is C30H34BrFN6O6. The van der Waals surface area contributed by atoms with Crippen molar-refractivity contribution in [2.45, 2.75) is 72.3 Å². The maximum atomic E-state index is 14.5. The Kier molecular flexibility index (Phi) is 10.4. The number of nitriles is 1. The van der Waals surface area contributed by atoms with Gasteiger partial charge < -0.3 is 19.5 Å². The zero-order valence-corrected chi connectivity index (χ0v) is 27.3. The van der Waals surface area contributed by atoms with Crippen molar-refractivity contribution in [3.05, 3.63) is 69.3 Å². The highest BCUT2D eigenvalue weighted by atomic mass is 79.9. The van der Waals surface area contributed by atoms with Crippen LogP contribution >= 0.6 is 15.9 Å². The Bertz CT molecular complexity index is 1580. The van der Waals surface area contributed by atoms with Crippen molar-refractivity contribution in [3.8, 4) is 11.8 Å². The van der Waals surface area contributed by atoms with Crippen LogP contribution in [0.25, 0.3) is 0 Å². The largest absolute Gasteiger partial charge is 0.482 e. The summed E-state index contributed by atoms with van der Waals surface area (Å²) >= 11 is 3.32. The molecule has 0 aliphatic heterocycles. The summed E-state index contributed by atoms with van der Waals surface area (Å²) < 4.78 is 33.4. The highest BCUT2D eigenvalue weighted by Crippen LogP contribution is 2.35. The number of aryl methyl sites for hydroxylation is 1. The van der Waals surface area contributed by atoms with E-state index < -0.39 is 41.2 Å². The van der Waals surface area contributed by atoms with E-state index in [1.807, 2.05) is 6.07 Å². The Morgan fingerprint density at radius 1 is 1.09 bits per heavy atom. The quantitative estimate of drug-likeness (QED) is 0.304. The van der Waals surface area contributed by atoms with Crippen LogP contribution in [0.4, 0.5) is 19.8 Å². The minimum absolute atomic E-state index is 0.0147. The highest BCUT2D eigenvalue weighted by molar-refractivity contribution is 9.10. The molecule has 0 spiro atoms. The number of carbonyl (C=O) groups is 3. The van der Waals surface area contributed by atoms with Gasteiger partial charge in [-0.3, -0.25) is 9.48 Å². The van der Waals surface area contributed by atoms with Crippen LogP contribution in [-0.2, 0) is 23.1 Å². The molecule has 0 aliphatic carbocycles. The van der Waals surface area contributed by atoms with E-state index in [1.165, 1.54) is 23.0 Å². The third kappa shape index (κ3) is 9.00. The molecule has 0 bridgehead atoms. The topological polar surface area (TPSA) is 149 Å². The van der Waals surface area contributed by atoms with Crippen LogP contribution in [-0.4, -0.2) is 44.1 Å². The summed E-state index contributed by atoms with van der Waals surface area (Å²) in [5.41, 5.74) is -0.861. The predicted molar refractivity (Wildman–Crippen MR) is 161 cm³/mol. The SMILES string of the molecule is CC(Oc1cc(Br)cnc1N(C(=O)OC(C)(C)C)C(=O)OC(C)(C)C)c1cc(F)ccc1C(=O)NCc1cc(C#N)n(C)n1. The maximum absolute atomic E-state index is 14.5. The molecule has 0 radical (unpaired) electrons. The lowest BCUT2D eigenvalue weighted by Crippen LogP contribution is -2.44. The van der Waals surface area contributed by atoms with Gasteiger partial charge in [-0.25, -0.2) is 19.0 Å². The first-order valence-corrected chi connectivity index (χ1v) is 14.3. The van der Waals surface area contributed by atoms with Gasteiger partial charge in [0.1, 0.15) is 34.9 Å². The number of hydrogen-bond donors (Lipinski definition) is 1. The first-order chi connectivity index (χ1) is 20.4. The third-order valence-corrected chi connectivity index (χ3v) is 6.07. The number of rotatable bonds is 7. The Hall–Kier alpha value is -4.51. The average Bonchev–Trinajstić information content (AvgIpc) is 3.25. The van der Waals surface area contributed by atoms with E-state index >= 15 is 0 Å². The minimum atomic E-state index is -1.06. The molecule has 0 fully saturated rings. The van der Waals surface area contributed by atoms with Gasteiger partial charge in [-0.15, -0.1) is 0 Å². The van der Waals surface area contributed by atoms with Crippen molar-refractivity contribution < 1.29 is 33.0 Å². The van der Waals surface area contributed by atoms with Crippen molar-refractivity contribution in [1.82, 2.24) is 20.1 Å². The van der Waals surface area contributed by atoms with Crippen LogP contribution in [0.15, 0.2) is 41.0 Å². The van der Waals surface area contributed by atoms with Crippen molar-refractivity contribution in [2.75, 3.05) is 4.90 Å². The van der Waals surface area contributed by atoms with Gasteiger partial charge in [0.25, 0.3) is 5.91 Å². The molecule has 234 valence electrons. The summed E-state index contributed by atoms with van der Waals surface area (Å²) in [4.78, 5) is 44.6. The van der Waals surface area contributed by atoms with Crippen LogP contribution < -0.4 is 15.0 Å². The van der Waals surface area contributed by atoms with E-state index in [4.69, 9.17) is 19.5 Å². The fourth-order valence-corrected chi connectivity index (χ4v) is 4.16.